The summed E-state index contributed by atoms with van der Waals surface area (Å²) in [5, 5.41) is 6.80. The molecule has 0 unspecified atom stereocenters. The van der Waals surface area contributed by atoms with Crippen molar-refractivity contribution in [1.29, 1.82) is 0 Å². The van der Waals surface area contributed by atoms with Crippen LogP contribution in [-0.4, -0.2) is 24.0 Å². The molecule has 0 spiro atoms. The number of nitrogens with zero attached hydrogens (tertiary/aromatic N) is 2. The first-order valence-corrected chi connectivity index (χ1v) is 8.20. The molecular formula is C17H29IN4. The van der Waals surface area contributed by atoms with E-state index in [4.69, 9.17) is 0 Å². The molecule has 0 aromatic carbocycles. The standard InChI is InChI=1S/C17H28N4.HI/c1-3-18-17(21-13-16-6-4-5-11-19-16)20-12-15-9-7-14(2)8-10-15;/h4-6,11,14-15H,3,7-10,12-13H2,1-2H3,(H2,18,20,21);1H. The van der Waals surface area contributed by atoms with E-state index in [2.05, 4.69) is 34.5 Å². The van der Waals surface area contributed by atoms with E-state index in [9.17, 15) is 0 Å². The Morgan fingerprint density at radius 3 is 2.64 bits per heavy atom. The van der Waals surface area contributed by atoms with E-state index in [0.29, 0.717) is 6.54 Å². The van der Waals surface area contributed by atoms with Gasteiger partial charge in [-0.05, 0) is 43.7 Å². The molecule has 1 saturated carbocycles. The van der Waals surface area contributed by atoms with Crippen LogP contribution in [0.15, 0.2) is 29.4 Å². The third-order valence-corrected chi connectivity index (χ3v) is 4.16. The van der Waals surface area contributed by atoms with Crippen LogP contribution in [0.25, 0.3) is 0 Å². The Kier molecular flexibility index (Phi) is 9.43. The molecule has 0 aliphatic heterocycles. The van der Waals surface area contributed by atoms with Crippen molar-refractivity contribution < 1.29 is 0 Å². The van der Waals surface area contributed by atoms with Crippen LogP contribution in [0, 0.1) is 11.8 Å². The first-order valence-electron chi connectivity index (χ1n) is 8.20. The minimum atomic E-state index is 0. The molecular weight excluding hydrogens is 387 g/mol. The first-order chi connectivity index (χ1) is 10.3. The van der Waals surface area contributed by atoms with E-state index in [1.165, 1.54) is 25.7 Å². The second-order valence-electron chi connectivity index (χ2n) is 6.02. The van der Waals surface area contributed by atoms with Gasteiger partial charge in [-0.1, -0.05) is 25.8 Å². The predicted octanol–water partition coefficient (Wildman–Crippen LogP) is 3.58. The molecule has 5 heteroatoms. The highest BCUT2D eigenvalue weighted by Crippen LogP contribution is 2.27. The van der Waals surface area contributed by atoms with E-state index in [1.807, 2.05) is 24.4 Å². The van der Waals surface area contributed by atoms with E-state index in [-0.39, 0.29) is 24.0 Å². The van der Waals surface area contributed by atoms with Crippen molar-refractivity contribution >= 4 is 29.9 Å². The maximum Gasteiger partial charge on any atom is 0.191 e. The van der Waals surface area contributed by atoms with Crippen molar-refractivity contribution in [3.8, 4) is 0 Å². The lowest BCUT2D eigenvalue weighted by Gasteiger charge is -2.26. The molecule has 1 heterocycles. The van der Waals surface area contributed by atoms with Gasteiger partial charge in [0.15, 0.2) is 5.96 Å². The smallest absolute Gasteiger partial charge is 0.191 e. The number of rotatable bonds is 5. The van der Waals surface area contributed by atoms with Crippen molar-refractivity contribution in [2.75, 3.05) is 13.1 Å². The maximum absolute atomic E-state index is 4.61. The number of halogens is 1. The molecule has 0 radical (unpaired) electrons. The minimum Gasteiger partial charge on any atom is -0.357 e. The van der Waals surface area contributed by atoms with Gasteiger partial charge in [0.05, 0.1) is 12.2 Å². The van der Waals surface area contributed by atoms with Crippen LogP contribution in [0.5, 0.6) is 0 Å². The number of pyridine rings is 1. The summed E-state index contributed by atoms with van der Waals surface area (Å²) in [7, 11) is 0. The second kappa shape index (κ2) is 10.8. The number of guanidine groups is 1. The van der Waals surface area contributed by atoms with Crippen LogP contribution < -0.4 is 10.6 Å². The highest BCUT2D eigenvalue weighted by Gasteiger charge is 2.18. The third-order valence-electron chi connectivity index (χ3n) is 4.16. The summed E-state index contributed by atoms with van der Waals surface area (Å²) in [6, 6.07) is 5.94. The fourth-order valence-electron chi connectivity index (χ4n) is 2.77. The lowest BCUT2D eigenvalue weighted by atomic mass is 9.83. The molecule has 0 amide bonds. The van der Waals surface area contributed by atoms with Crippen molar-refractivity contribution in [3.63, 3.8) is 0 Å². The number of hydrogen-bond donors (Lipinski definition) is 2. The number of aliphatic imine (C=N–C) groups is 1. The minimum absolute atomic E-state index is 0. The fraction of sp³-hybridized carbons (Fsp3) is 0.647. The van der Waals surface area contributed by atoms with Gasteiger partial charge in [0, 0.05) is 19.3 Å². The Morgan fingerprint density at radius 1 is 1.23 bits per heavy atom. The lowest BCUT2D eigenvalue weighted by molar-refractivity contribution is 0.289. The largest absolute Gasteiger partial charge is 0.357 e. The SMILES string of the molecule is CCNC(=NCc1ccccn1)NCC1CCC(C)CC1.I. The Labute approximate surface area is 151 Å². The molecule has 1 aromatic heterocycles. The van der Waals surface area contributed by atoms with Crippen LogP contribution >= 0.6 is 24.0 Å². The number of nitrogens with one attached hydrogen (secondary N) is 2. The van der Waals surface area contributed by atoms with Crippen molar-refractivity contribution in [2.24, 2.45) is 16.8 Å². The van der Waals surface area contributed by atoms with Gasteiger partial charge >= 0.3 is 0 Å². The summed E-state index contributed by atoms with van der Waals surface area (Å²) in [4.78, 5) is 8.92. The third kappa shape index (κ3) is 6.94. The highest BCUT2D eigenvalue weighted by molar-refractivity contribution is 14.0. The highest BCUT2D eigenvalue weighted by atomic mass is 127. The van der Waals surface area contributed by atoms with Gasteiger partial charge in [-0.25, -0.2) is 4.99 Å². The molecule has 0 atom stereocenters. The van der Waals surface area contributed by atoms with Gasteiger partial charge in [-0.15, -0.1) is 24.0 Å². The zero-order valence-electron chi connectivity index (χ0n) is 13.7. The molecule has 1 aliphatic carbocycles. The predicted molar refractivity (Wildman–Crippen MR) is 104 cm³/mol. The molecule has 2 rings (SSSR count). The van der Waals surface area contributed by atoms with Gasteiger partial charge in [0.1, 0.15) is 0 Å². The summed E-state index contributed by atoms with van der Waals surface area (Å²) in [5.41, 5.74) is 1.00. The number of hydrogen-bond acceptors (Lipinski definition) is 2. The Balaban J connectivity index is 0.00000242. The molecule has 0 bridgehead atoms. The van der Waals surface area contributed by atoms with Crippen LogP contribution in [0.4, 0.5) is 0 Å². The summed E-state index contributed by atoms with van der Waals surface area (Å²) >= 11 is 0. The molecule has 2 N–H and O–H groups in total. The molecule has 1 aliphatic rings. The zero-order valence-corrected chi connectivity index (χ0v) is 16.0. The van der Waals surface area contributed by atoms with Gasteiger partial charge in [0.25, 0.3) is 0 Å². The van der Waals surface area contributed by atoms with Crippen molar-refractivity contribution in [3.05, 3.63) is 30.1 Å². The quantitative estimate of drug-likeness (QED) is 0.438. The molecule has 1 aromatic rings. The van der Waals surface area contributed by atoms with Crippen molar-refractivity contribution in [1.82, 2.24) is 15.6 Å². The average Bonchev–Trinajstić information content (AvgIpc) is 2.52. The van der Waals surface area contributed by atoms with Gasteiger partial charge < -0.3 is 10.6 Å². The van der Waals surface area contributed by atoms with Crippen LogP contribution in [0.1, 0.15) is 45.2 Å². The molecule has 1 fully saturated rings. The fourth-order valence-corrected chi connectivity index (χ4v) is 2.77. The van der Waals surface area contributed by atoms with E-state index < -0.39 is 0 Å². The second-order valence-corrected chi connectivity index (χ2v) is 6.02. The topological polar surface area (TPSA) is 49.3 Å². The monoisotopic (exact) mass is 416 g/mol. The summed E-state index contributed by atoms with van der Waals surface area (Å²) in [5.74, 6) is 2.61. The van der Waals surface area contributed by atoms with Crippen LogP contribution in [0.3, 0.4) is 0 Å². The van der Waals surface area contributed by atoms with Crippen LogP contribution in [-0.2, 0) is 6.54 Å². The van der Waals surface area contributed by atoms with Gasteiger partial charge in [-0.2, -0.15) is 0 Å². The summed E-state index contributed by atoms with van der Waals surface area (Å²) in [6.07, 6.45) is 7.23. The average molecular weight is 416 g/mol. The molecule has 124 valence electrons. The van der Waals surface area contributed by atoms with Gasteiger partial charge in [0.2, 0.25) is 0 Å². The van der Waals surface area contributed by atoms with Crippen molar-refractivity contribution in [2.45, 2.75) is 46.1 Å². The van der Waals surface area contributed by atoms with E-state index >= 15 is 0 Å². The summed E-state index contributed by atoms with van der Waals surface area (Å²) in [6.45, 7) is 7.00. The molecule has 0 saturated heterocycles. The number of aromatic nitrogens is 1. The first kappa shape index (κ1) is 19.2. The Morgan fingerprint density at radius 2 is 2.00 bits per heavy atom. The maximum atomic E-state index is 4.61. The molecule has 22 heavy (non-hydrogen) atoms. The van der Waals surface area contributed by atoms with Crippen LogP contribution in [0.2, 0.25) is 0 Å². The normalized spacial score (nSPS) is 21.8. The van der Waals surface area contributed by atoms with Gasteiger partial charge in [-0.3, -0.25) is 4.98 Å². The molecule has 4 nitrogen and oxygen atoms in total. The Bertz CT molecular complexity index is 428. The zero-order chi connectivity index (χ0) is 14.9. The Hall–Kier alpha value is -0.850. The van der Waals surface area contributed by atoms with E-state index in [1.54, 1.807) is 0 Å². The van der Waals surface area contributed by atoms with E-state index in [0.717, 1.165) is 36.6 Å². The summed E-state index contributed by atoms with van der Waals surface area (Å²) < 4.78 is 0. The lowest BCUT2D eigenvalue weighted by Crippen LogP contribution is -2.40.